The van der Waals surface area contributed by atoms with Crippen molar-refractivity contribution in [3.05, 3.63) is 42.5 Å². The van der Waals surface area contributed by atoms with E-state index in [0.29, 0.717) is 12.1 Å². The third-order valence-corrected chi connectivity index (χ3v) is 3.58. The summed E-state index contributed by atoms with van der Waals surface area (Å²) in [4.78, 5) is 23.6. The van der Waals surface area contributed by atoms with Crippen LogP contribution < -0.4 is 10.7 Å². The van der Waals surface area contributed by atoms with E-state index >= 15 is 0 Å². The molecule has 0 aliphatic heterocycles. The van der Waals surface area contributed by atoms with Crippen molar-refractivity contribution in [2.24, 2.45) is 5.10 Å². The Morgan fingerprint density at radius 1 is 1.04 bits per heavy atom. The maximum Gasteiger partial charge on any atom is 0.240 e. The van der Waals surface area contributed by atoms with Crippen LogP contribution in [0, 0.1) is 0 Å². The van der Waals surface area contributed by atoms with Crippen molar-refractivity contribution in [2.75, 3.05) is 5.32 Å². The highest BCUT2D eigenvalue weighted by Crippen LogP contribution is 2.18. The lowest BCUT2D eigenvalue weighted by Crippen LogP contribution is -2.21. The minimum absolute atomic E-state index is 0.119. The van der Waals surface area contributed by atoms with Gasteiger partial charge in [0.05, 0.1) is 6.42 Å². The predicted molar refractivity (Wildman–Crippen MR) is 98.0 cm³/mol. The van der Waals surface area contributed by atoms with Crippen LogP contribution in [0.2, 0.25) is 0 Å². The number of benzene rings is 2. The second kappa shape index (κ2) is 8.82. The summed E-state index contributed by atoms with van der Waals surface area (Å²) < 4.78 is 0. The molecule has 0 saturated heterocycles. The molecule has 0 radical (unpaired) electrons. The zero-order valence-corrected chi connectivity index (χ0v) is 14.1. The van der Waals surface area contributed by atoms with E-state index in [1.807, 2.05) is 49.4 Å². The summed E-state index contributed by atoms with van der Waals surface area (Å²) in [6, 6.07) is 13.8. The van der Waals surface area contributed by atoms with Gasteiger partial charge in [0.15, 0.2) is 0 Å². The van der Waals surface area contributed by atoms with Crippen molar-refractivity contribution >= 4 is 34.0 Å². The summed E-state index contributed by atoms with van der Waals surface area (Å²) >= 11 is 0. The number of hydrazone groups is 1. The van der Waals surface area contributed by atoms with Crippen molar-refractivity contribution in [3.8, 4) is 0 Å². The quantitative estimate of drug-likeness (QED) is 0.599. The number of hydrogen-bond donors (Lipinski definition) is 2. The minimum atomic E-state index is -0.158. The molecule has 126 valence electrons. The van der Waals surface area contributed by atoms with Gasteiger partial charge in [-0.05, 0) is 36.2 Å². The van der Waals surface area contributed by atoms with Crippen molar-refractivity contribution < 1.29 is 9.59 Å². The topological polar surface area (TPSA) is 70.6 Å². The fourth-order valence-electron chi connectivity index (χ4n) is 2.30. The molecule has 0 saturated carbocycles. The molecule has 2 aromatic rings. The number of carbonyl (C=O) groups is 2. The highest BCUT2D eigenvalue weighted by atomic mass is 16.2. The van der Waals surface area contributed by atoms with Gasteiger partial charge in [0.25, 0.3) is 0 Å². The second-order valence-corrected chi connectivity index (χ2v) is 5.77. The molecule has 0 aromatic heterocycles. The van der Waals surface area contributed by atoms with Gasteiger partial charge in [-0.25, -0.2) is 5.43 Å². The van der Waals surface area contributed by atoms with Gasteiger partial charge in [0, 0.05) is 17.8 Å². The minimum Gasteiger partial charge on any atom is -0.326 e. The zero-order chi connectivity index (χ0) is 17.4. The van der Waals surface area contributed by atoms with Gasteiger partial charge >= 0.3 is 0 Å². The van der Waals surface area contributed by atoms with Crippen LogP contribution in [-0.4, -0.2) is 17.5 Å². The van der Waals surface area contributed by atoms with Crippen LogP contribution in [0.1, 0.15) is 39.5 Å². The lowest BCUT2D eigenvalue weighted by Gasteiger charge is -2.07. The first-order valence-corrected chi connectivity index (χ1v) is 8.19. The molecule has 0 unspecified atom stereocenters. The summed E-state index contributed by atoms with van der Waals surface area (Å²) in [6.07, 6.45) is 2.39. The Bertz CT molecular complexity index is 753. The predicted octanol–water partition coefficient (Wildman–Crippen LogP) is 3.85. The molecule has 2 amide bonds. The first-order chi connectivity index (χ1) is 11.6. The molecule has 2 rings (SSSR count). The summed E-state index contributed by atoms with van der Waals surface area (Å²) in [6.45, 7) is 3.75. The van der Waals surface area contributed by atoms with Crippen molar-refractivity contribution in [1.82, 2.24) is 5.43 Å². The standard InChI is InChI=1S/C19H23N3O2/c1-3-4-9-18(23)22-21-14(2)12-19(24)20-17-11-10-15-7-5-6-8-16(15)13-17/h5-8,10-11,13H,3-4,9,12H2,1-2H3,(H,20,24)(H,22,23)/b21-14+. The van der Waals surface area contributed by atoms with Crippen LogP contribution in [0.3, 0.4) is 0 Å². The fraction of sp³-hybridized carbons (Fsp3) is 0.316. The lowest BCUT2D eigenvalue weighted by molar-refractivity contribution is -0.121. The van der Waals surface area contributed by atoms with Crippen LogP contribution >= 0.6 is 0 Å². The van der Waals surface area contributed by atoms with Crippen molar-refractivity contribution in [1.29, 1.82) is 0 Å². The Kier molecular flexibility index (Phi) is 6.49. The second-order valence-electron chi connectivity index (χ2n) is 5.77. The Hall–Kier alpha value is -2.69. The number of unbranched alkanes of at least 4 members (excludes halogenated alkanes) is 1. The molecule has 0 aliphatic carbocycles. The van der Waals surface area contributed by atoms with Gasteiger partial charge in [-0.15, -0.1) is 0 Å². The maximum atomic E-state index is 12.1. The van der Waals surface area contributed by atoms with Crippen LogP contribution in [0.5, 0.6) is 0 Å². The zero-order valence-electron chi connectivity index (χ0n) is 14.1. The number of amides is 2. The molecule has 24 heavy (non-hydrogen) atoms. The summed E-state index contributed by atoms with van der Waals surface area (Å²) in [7, 11) is 0. The molecule has 0 spiro atoms. The molecule has 0 aliphatic rings. The van der Waals surface area contributed by atoms with E-state index in [9.17, 15) is 9.59 Å². The van der Waals surface area contributed by atoms with Crippen LogP contribution in [0.15, 0.2) is 47.6 Å². The highest BCUT2D eigenvalue weighted by molar-refractivity contribution is 6.06. The van der Waals surface area contributed by atoms with E-state index in [2.05, 4.69) is 15.8 Å². The smallest absolute Gasteiger partial charge is 0.240 e. The molecule has 0 atom stereocenters. The van der Waals surface area contributed by atoms with Gasteiger partial charge in [0.2, 0.25) is 11.8 Å². The summed E-state index contributed by atoms with van der Waals surface area (Å²) in [5.41, 5.74) is 3.80. The van der Waals surface area contributed by atoms with Gasteiger partial charge in [-0.1, -0.05) is 43.7 Å². The normalized spacial score (nSPS) is 11.3. The van der Waals surface area contributed by atoms with E-state index in [1.54, 1.807) is 6.92 Å². The van der Waals surface area contributed by atoms with Crippen LogP contribution in [0.4, 0.5) is 5.69 Å². The van der Waals surface area contributed by atoms with Crippen LogP contribution in [0.25, 0.3) is 10.8 Å². The van der Waals surface area contributed by atoms with E-state index < -0.39 is 0 Å². The molecule has 0 fully saturated rings. The third-order valence-electron chi connectivity index (χ3n) is 3.58. The largest absolute Gasteiger partial charge is 0.326 e. The fourth-order valence-corrected chi connectivity index (χ4v) is 2.30. The Morgan fingerprint density at radius 3 is 2.54 bits per heavy atom. The SMILES string of the molecule is CCCCC(=O)N/N=C(\C)CC(=O)Nc1ccc2ccccc2c1. The van der Waals surface area contributed by atoms with Gasteiger partial charge in [-0.3, -0.25) is 9.59 Å². The van der Waals surface area contributed by atoms with Gasteiger partial charge in [0.1, 0.15) is 0 Å². The van der Waals surface area contributed by atoms with E-state index in [0.717, 1.165) is 29.3 Å². The first-order valence-electron chi connectivity index (χ1n) is 8.19. The average molecular weight is 325 g/mol. The summed E-state index contributed by atoms with van der Waals surface area (Å²) in [5.74, 6) is -0.277. The number of fused-ring (bicyclic) bond motifs is 1. The van der Waals surface area contributed by atoms with E-state index in [-0.39, 0.29) is 18.2 Å². The molecule has 0 bridgehead atoms. The molecule has 2 N–H and O–H groups in total. The Balaban J connectivity index is 1.88. The monoisotopic (exact) mass is 325 g/mol. The maximum absolute atomic E-state index is 12.1. The lowest BCUT2D eigenvalue weighted by atomic mass is 10.1. The number of nitrogens with zero attached hydrogens (tertiary/aromatic N) is 1. The number of anilines is 1. The number of carbonyl (C=O) groups excluding carboxylic acids is 2. The Morgan fingerprint density at radius 2 is 1.79 bits per heavy atom. The molecule has 0 heterocycles. The number of hydrogen-bond acceptors (Lipinski definition) is 3. The molecular formula is C19H23N3O2. The van der Waals surface area contributed by atoms with Crippen molar-refractivity contribution in [2.45, 2.75) is 39.5 Å². The number of nitrogens with one attached hydrogen (secondary N) is 2. The Labute approximate surface area is 142 Å². The molecule has 2 aromatic carbocycles. The van der Waals surface area contributed by atoms with E-state index in [1.165, 1.54) is 0 Å². The number of rotatable bonds is 7. The molecule has 5 nitrogen and oxygen atoms in total. The molecular weight excluding hydrogens is 302 g/mol. The first kappa shape index (κ1) is 17.7. The van der Waals surface area contributed by atoms with Gasteiger partial charge in [-0.2, -0.15) is 5.10 Å². The summed E-state index contributed by atoms with van der Waals surface area (Å²) in [5, 5.41) is 9.02. The molecule has 5 heteroatoms. The average Bonchev–Trinajstić information content (AvgIpc) is 2.58. The van der Waals surface area contributed by atoms with Crippen molar-refractivity contribution in [3.63, 3.8) is 0 Å². The van der Waals surface area contributed by atoms with E-state index in [4.69, 9.17) is 0 Å². The highest BCUT2D eigenvalue weighted by Gasteiger charge is 2.06. The van der Waals surface area contributed by atoms with Crippen LogP contribution in [-0.2, 0) is 9.59 Å². The van der Waals surface area contributed by atoms with Gasteiger partial charge < -0.3 is 5.32 Å². The third kappa shape index (κ3) is 5.50.